The van der Waals surface area contributed by atoms with E-state index < -0.39 is 0 Å². The van der Waals surface area contributed by atoms with Gasteiger partial charge in [0.25, 0.3) is 0 Å². The lowest BCUT2D eigenvalue weighted by Crippen LogP contribution is -2.35. The highest BCUT2D eigenvalue weighted by Gasteiger charge is 2.21. The lowest BCUT2D eigenvalue weighted by atomic mass is 9.93. The normalized spacial score (nSPS) is 16.4. The lowest BCUT2D eigenvalue weighted by molar-refractivity contribution is -0.116. The SMILES string of the molecule is COc1cc(NC(=O)CC[C@@H]2CCCN(Cc3cnn(-c4ccccc4)c3)C2)cc(OC)c1. The number of carbonyl (C=O) groups is 1. The molecule has 1 fully saturated rings. The highest BCUT2D eigenvalue weighted by molar-refractivity contribution is 5.91. The maximum absolute atomic E-state index is 12.5. The van der Waals surface area contributed by atoms with E-state index in [0.29, 0.717) is 29.5 Å². The number of hydrogen-bond acceptors (Lipinski definition) is 5. The van der Waals surface area contributed by atoms with Crippen LogP contribution in [0.4, 0.5) is 5.69 Å². The molecule has 174 valence electrons. The monoisotopic (exact) mass is 448 g/mol. The number of benzene rings is 2. The zero-order valence-corrected chi connectivity index (χ0v) is 19.4. The van der Waals surface area contributed by atoms with Gasteiger partial charge in [0.05, 0.1) is 26.1 Å². The number of hydrogen-bond donors (Lipinski definition) is 1. The fraction of sp³-hybridized carbons (Fsp3) is 0.385. The van der Waals surface area contributed by atoms with Crippen molar-refractivity contribution in [3.63, 3.8) is 0 Å². The number of piperidine rings is 1. The molecule has 0 radical (unpaired) electrons. The zero-order chi connectivity index (χ0) is 23.0. The zero-order valence-electron chi connectivity index (χ0n) is 19.4. The van der Waals surface area contributed by atoms with E-state index in [4.69, 9.17) is 9.47 Å². The van der Waals surface area contributed by atoms with Crippen molar-refractivity contribution >= 4 is 11.6 Å². The van der Waals surface area contributed by atoms with Gasteiger partial charge in [-0.2, -0.15) is 5.10 Å². The minimum Gasteiger partial charge on any atom is -0.497 e. The Morgan fingerprint density at radius 3 is 2.61 bits per heavy atom. The molecule has 0 bridgehead atoms. The van der Waals surface area contributed by atoms with Crippen LogP contribution in [0.3, 0.4) is 0 Å². The van der Waals surface area contributed by atoms with E-state index in [2.05, 4.69) is 33.6 Å². The summed E-state index contributed by atoms with van der Waals surface area (Å²) in [6.07, 6.45) is 7.77. The van der Waals surface area contributed by atoms with Crippen molar-refractivity contribution < 1.29 is 14.3 Å². The molecule has 2 heterocycles. The van der Waals surface area contributed by atoms with Crippen LogP contribution in [0.5, 0.6) is 11.5 Å². The third-order valence-electron chi connectivity index (χ3n) is 6.08. The molecule has 4 rings (SSSR count). The van der Waals surface area contributed by atoms with Crippen molar-refractivity contribution in [2.75, 3.05) is 32.6 Å². The molecule has 33 heavy (non-hydrogen) atoms. The first-order valence-corrected chi connectivity index (χ1v) is 11.5. The van der Waals surface area contributed by atoms with E-state index in [1.54, 1.807) is 32.4 Å². The van der Waals surface area contributed by atoms with Gasteiger partial charge in [-0.15, -0.1) is 0 Å². The second-order valence-electron chi connectivity index (χ2n) is 8.56. The lowest BCUT2D eigenvalue weighted by Gasteiger charge is -2.32. The van der Waals surface area contributed by atoms with Gasteiger partial charge in [0.2, 0.25) is 5.91 Å². The maximum atomic E-state index is 12.5. The smallest absolute Gasteiger partial charge is 0.224 e. The Labute approximate surface area is 195 Å². The Morgan fingerprint density at radius 2 is 1.88 bits per heavy atom. The van der Waals surface area contributed by atoms with Crippen LogP contribution in [0, 0.1) is 5.92 Å². The molecule has 1 aromatic heterocycles. The van der Waals surface area contributed by atoms with Gasteiger partial charge in [0, 0.05) is 55.2 Å². The topological polar surface area (TPSA) is 68.6 Å². The van der Waals surface area contributed by atoms with Crippen LogP contribution in [0.15, 0.2) is 60.9 Å². The van der Waals surface area contributed by atoms with Gasteiger partial charge < -0.3 is 14.8 Å². The second kappa shape index (κ2) is 11.0. The number of para-hydroxylation sites is 1. The number of likely N-dealkylation sites (tertiary alicyclic amines) is 1. The predicted octanol–water partition coefficient (Wildman–Crippen LogP) is 4.52. The predicted molar refractivity (Wildman–Crippen MR) is 129 cm³/mol. The molecule has 1 aliphatic rings. The Bertz CT molecular complexity index is 1030. The highest BCUT2D eigenvalue weighted by Crippen LogP contribution is 2.27. The maximum Gasteiger partial charge on any atom is 0.224 e. The van der Waals surface area contributed by atoms with E-state index >= 15 is 0 Å². The molecule has 1 aliphatic heterocycles. The molecule has 1 N–H and O–H groups in total. The summed E-state index contributed by atoms with van der Waals surface area (Å²) in [6, 6.07) is 15.6. The third kappa shape index (κ3) is 6.35. The van der Waals surface area contributed by atoms with E-state index in [-0.39, 0.29) is 5.91 Å². The van der Waals surface area contributed by atoms with Crippen LogP contribution in [-0.4, -0.2) is 47.9 Å². The fourth-order valence-electron chi connectivity index (χ4n) is 4.39. The summed E-state index contributed by atoms with van der Waals surface area (Å²) in [4.78, 5) is 15.0. The van der Waals surface area contributed by atoms with Gasteiger partial charge in [0.15, 0.2) is 0 Å². The Balaban J connectivity index is 1.26. The van der Waals surface area contributed by atoms with Gasteiger partial charge in [-0.3, -0.25) is 9.69 Å². The van der Waals surface area contributed by atoms with Crippen molar-refractivity contribution in [2.24, 2.45) is 5.92 Å². The fourth-order valence-corrected chi connectivity index (χ4v) is 4.39. The standard InChI is InChI=1S/C26H32N4O3/c1-32-24-13-22(14-25(15-24)33-2)28-26(31)11-10-20-7-6-12-29(17-20)18-21-16-27-30(19-21)23-8-4-3-5-9-23/h3-5,8-9,13-16,19-20H,6-7,10-12,17-18H2,1-2H3,(H,28,31)/t20-/m0/s1. The molecule has 2 aromatic carbocycles. The quantitative estimate of drug-likeness (QED) is 0.521. The average molecular weight is 449 g/mol. The molecule has 1 saturated heterocycles. The Morgan fingerprint density at radius 1 is 1.12 bits per heavy atom. The van der Waals surface area contributed by atoms with Crippen molar-refractivity contribution in [2.45, 2.75) is 32.2 Å². The number of amides is 1. The number of nitrogens with one attached hydrogen (secondary N) is 1. The first-order valence-electron chi connectivity index (χ1n) is 11.5. The largest absolute Gasteiger partial charge is 0.497 e. The highest BCUT2D eigenvalue weighted by atomic mass is 16.5. The summed E-state index contributed by atoms with van der Waals surface area (Å²) in [5.41, 5.74) is 2.97. The van der Waals surface area contributed by atoms with E-state index in [9.17, 15) is 4.79 Å². The van der Waals surface area contributed by atoms with Crippen molar-refractivity contribution in [3.05, 3.63) is 66.5 Å². The number of nitrogens with zero attached hydrogens (tertiary/aromatic N) is 3. The first kappa shape index (κ1) is 22.9. The average Bonchev–Trinajstić information content (AvgIpc) is 3.31. The number of ether oxygens (including phenoxy) is 2. The van der Waals surface area contributed by atoms with Crippen LogP contribution in [0.2, 0.25) is 0 Å². The molecule has 1 atom stereocenters. The summed E-state index contributed by atoms with van der Waals surface area (Å²) in [6.45, 7) is 2.98. The molecule has 0 unspecified atom stereocenters. The van der Waals surface area contributed by atoms with Crippen molar-refractivity contribution in [1.29, 1.82) is 0 Å². The van der Waals surface area contributed by atoms with Crippen LogP contribution in [0.25, 0.3) is 5.69 Å². The summed E-state index contributed by atoms with van der Waals surface area (Å²) in [5.74, 6) is 1.85. The molecule has 0 saturated carbocycles. The van der Waals surface area contributed by atoms with Gasteiger partial charge >= 0.3 is 0 Å². The summed E-state index contributed by atoms with van der Waals surface area (Å²) in [5, 5.41) is 7.49. The molecule has 3 aromatic rings. The summed E-state index contributed by atoms with van der Waals surface area (Å²) >= 11 is 0. The van der Waals surface area contributed by atoms with Crippen LogP contribution in [0.1, 0.15) is 31.2 Å². The van der Waals surface area contributed by atoms with Gasteiger partial charge in [-0.1, -0.05) is 18.2 Å². The second-order valence-corrected chi connectivity index (χ2v) is 8.56. The minimum atomic E-state index is 0.0200. The van der Waals surface area contributed by atoms with Gasteiger partial charge in [-0.25, -0.2) is 4.68 Å². The molecule has 0 spiro atoms. The molecule has 0 aliphatic carbocycles. The van der Waals surface area contributed by atoms with Gasteiger partial charge in [-0.05, 0) is 43.9 Å². The number of rotatable bonds is 9. The number of methoxy groups -OCH3 is 2. The summed E-state index contributed by atoms with van der Waals surface area (Å²) < 4.78 is 12.5. The molecular weight excluding hydrogens is 416 g/mol. The summed E-state index contributed by atoms with van der Waals surface area (Å²) in [7, 11) is 3.20. The van der Waals surface area contributed by atoms with Crippen molar-refractivity contribution in [1.82, 2.24) is 14.7 Å². The van der Waals surface area contributed by atoms with Crippen LogP contribution >= 0.6 is 0 Å². The third-order valence-corrected chi connectivity index (χ3v) is 6.08. The van der Waals surface area contributed by atoms with E-state index in [1.807, 2.05) is 29.1 Å². The van der Waals surface area contributed by atoms with Gasteiger partial charge in [0.1, 0.15) is 11.5 Å². The Hall–Kier alpha value is -3.32. The molecule has 7 heteroatoms. The number of anilines is 1. The van der Waals surface area contributed by atoms with Crippen LogP contribution in [-0.2, 0) is 11.3 Å². The number of aromatic nitrogens is 2. The molecule has 1 amide bonds. The molecular formula is C26H32N4O3. The molecule has 7 nitrogen and oxygen atoms in total. The minimum absolute atomic E-state index is 0.0200. The van der Waals surface area contributed by atoms with Crippen molar-refractivity contribution in [3.8, 4) is 17.2 Å². The van der Waals surface area contributed by atoms with Crippen LogP contribution < -0.4 is 14.8 Å². The van der Waals surface area contributed by atoms with E-state index in [0.717, 1.165) is 38.2 Å². The Kier molecular flexibility index (Phi) is 7.62. The first-order chi connectivity index (χ1) is 16.1. The van der Waals surface area contributed by atoms with E-state index in [1.165, 1.54) is 12.0 Å². The number of carbonyl (C=O) groups excluding carboxylic acids is 1.